The lowest BCUT2D eigenvalue weighted by molar-refractivity contribution is -0.134. The second-order valence-corrected chi connectivity index (χ2v) is 7.95. The van der Waals surface area contributed by atoms with Crippen molar-refractivity contribution < 1.29 is 29.0 Å². The molecule has 35 heavy (non-hydrogen) atoms. The number of ketones is 3. The van der Waals surface area contributed by atoms with Gasteiger partial charge in [-0.05, 0) is 19.1 Å². The van der Waals surface area contributed by atoms with Crippen LogP contribution in [0.4, 0.5) is 5.69 Å². The average Bonchev–Trinajstić information content (AvgIpc) is 3.18. The minimum Gasteiger partial charge on any atom is -0.501 e. The molecule has 0 radical (unpaired) electrons. The number of para-hydroxylation sites is 1. The quantitative estimate of drug-likeness (QED) is 0.437. The summed E-state index contributed by atoms with van der Waals surface area (Å²) in [6, 6.07) is 21.9. The predicted molar refractivity (Wildman–Crippen MR) is 128 cm³/mol. The molecule has 3 aromatic rings. The summed E-state index contributed by atoms with van der Waals surface area (Å²) in [6.07, 6.45) is 0. The van der Waals surface area contributed by atoms with E-state index in [0.717, 1.165) is 5.69 Å². The standard InChI is InChI=1S/C28H19NO6/c1-2-29(16-10-4-3-5-11-16)22-17-12-6-7-13-18(17)23(30)21(22)28(34)35-27-25(32)20-15-9-8-14-19(20)24(31)26(27)33/h3-15,33H,2H2,1H3. The van der Waals surface area contributed by atoms with Crippen molar-refractivity contribution in [1.29, 1.82) is 0 Å². The van der Waals surface area contributed by atoms with E-state index in [9.17, 15) is 24.3 Å². The number of aliphatic hydroxyl groups is 1. The van der Waals surface area contributed by atoms with Crippen LogP contribution >= 0.6 is 0 Å². The maximum Gasteiger partial charge on any atom is 0.350 e. The first-order valence-electron chi connectivity index (χ1n) is 11.0. The van der Waals surface area contributed by atoms with Gasteiger partial charge in [0.2, 0.25) is 28.9 Å². The minimum atomic E-state index is -1.13. The van der Waals surface area contributed by atoms with Crippen molar-refractivity contribution in [3.8, 4) is 0 Å². The molecule has 7 nitrogen and oxygen atoms in total. The molecule has 2 aliphatic rings. The van der Waals surface area contributed by atoms with Crippen LogP contribution in [0.3, 0.4) is 0 Å². The highest BCUT2D eigenvalue weighted by atomic mass is 16.5. The van der Waals surface area contributed by atoms with Crippen LogP contribution in [0.25, 0.3) is 5.70 Å². The zero-order chi connectivity index (χ0) is 24.7. The van der Waals surface area contributed by atoms with Crippen molar-refractivity contribution in [1.82, 2.24) is 0 Å². The first-order chi connectivity index (χ1) is 16.9. The fourth-order valence-corrected chi connectivity index (χ4v) is 4.39. The van der Waals surface area contributed by atoms with Crippen molar-refractivity contribution in [2.24, 2.45) is 0 Å². The Morgan fingerprint density at radius 2 is 1.26 bits per heavy atom. The number of rotatable bonds is 5. The first-order valence-corrected chi connectivity index (χ1v) is 11.0. The van der Waals surface area contributed by atoms with Crippen molar-refractivity contribution in [2.45, 2.75) is 6.92 Å². The number of benzene rings is 3. The zero-order valence-electron chi connectivity index (χ0n) is 18.6. The third-order valence-electron chi connectivity index (χ3n) is 6.00. The molecule has 5 rings (SSSR count). The van der Waals surface area contributed by atoms with Crippen LogP contribution in [0.2, 0.25) is 0 Å². The van der Waals surface area contributed by atoms with E-state index in [1.807, 2.05) is 37.3 Å². The topological polar surface area (TPSA) is 101 Å². The number of carbonyl (C=O) groups is 4. The maximum atomic E-state index is 13.4. The van der Waals surface area contributed by atoms with Gasteiger partial charge in [0.25, 0.3) is 0 Å². The van der Waals surface area contributed by atoms with E-state index < -0.39 is 34.8 Å². The van der Waals surface area contributed by atoms with Gasteiger partial charge in [-0.2, -0.15) is 0 Å². The van der Waals surface area contributed by atoms with E-state index in [-0.39, 0.29) is 16.7 Å². The molecule has 0 aliphatic heterocycles. The number of ether oxygens (including phenoxy) is 1. The number of nitrogens with zero attached hydrogens (tertiary/aromatic N) is 1. The Morgan fingerprint density at radius 3 is 1.86 bits per heavy atom. The van der Waals surface area contributed by atoms with Gasteiger partial charge >= 0.3 is 5.97 Å². The summed E-state index contributed by atoms with van der Waals surface area (Å²) in [4.78, 5) is 54.1. The number of hydrogen-bond acceptors (Lipinski definition) is 7. The molecule has 0 heterocycles. The Bertz CT molecular complexity index is 1480. The highest BCUT2D eigenvalue weighted by Gasteiger charge is 2.41. The molecular formula is C28H19NO6. The molecule has 7 heteroatoms. The normalized spacial score (nSPS) is 14.7. The molecule has 0 saturated carbocycles. The highest BCUT2D eigenvalue weighted by Crippen LogP contribution is 2.39. The molecule has 2 aliphatic carbocycles. The second kappa shape index (κ2) is 8.53. The molecule has 0 bridgehead atoms. The summed E-state index contributed by atoms with van der Waals surface area (Å²) < 4.78 is 5.30. The molecule has 0 atom stereocenters. The molecule has 0 spiro atoms. The smallest absolute Gasteiger partial charge is 0.350 e. The highest BCUT2D eigenvalue weighted by molar-refractivity contribution is 6.35. The van der Waals surface area contributed by atoms with Gasteiger partial charge in [0.15, 0.2) is 0 Å². The SMILES string of the molecule is CCN(C1=C(C(=O)OC2=C(O)C(=O)c3ccccc3C2=O)C(=O)c2ccccc21)c1ccccc1. The van der Waals surface area contributed by atoms with Crippen LogP contribution in [-0.4, -0.2) is 35.0 Å². The van der Waals surface area contributed by atoms with Crippen LogP contribution in [0.5, 0.6) is 0 Å². The molecule has 0 aromatic heterocycles. The van der Waals surface area contributed by atoms with Crippen molar-refractivity contribution in [3.63, 3.8) is 0 Å². The summed E-state index contributed by atoms with van der Waals surface area (Å²) in [5, 5.41) is 10.4. The molecule has 172 valence electrons. The predicted octanol–water partition coefficient (Wildman–Crippen LogP) is 4.51. The van der Waals surface area contributed by atoms with Gasteiger partial charge in [0.1, 0.15) is 5.57 Å². The molecule has 0 saturated heterocycles. The number of anilines is 1. The fraction of sp³-hybridized carbons (Fsp3) is 0.0714. The summed E-state index contributed by atoms with van der Waals surface area (Å²) in [5.74, 6) is -5.10. The van der Waals surface area contributed by atoms with Gasteiger partial charge in [-0.25, -0.2) is 4.79 Å². The van der Waals surface area contributed by atoms with E-state index in [1.165, 1.54) is 12.1 Å². The number of carbonyl (C=O) groups excluding carboxylic acids is 4. The molecule has 3 aromatic carbocycles. The number of hydrogen-bond donors (Lipinski definition) is 1. The number of aliphatic hydroxyl groups excluding tert-OH is 1. The van der Waals surface area contributed by atoms with Crippen LogP contribution in [0.15, 0.2) is 96.0 Å². The van der Waals surface area contributed by atoms with Gasteiger partial charge < -0.3 is 14.7 Å². The molecule has 0 amide bonds. The number of allylic oxidation sites excluding steroid dienone is 2. The Balaban J connectivity index is 1.62. The van der Waals surface area contributed by atoms with E-state index in [4.69, 9.17) is 4.74 Å². The molecule has 1 N–H and O–H groups in total. The molecule has 0 fully saturated rings. The average molecular weight is 465 g/mol. The van der Waals surface area contributed by atoms with Crippen LogP contribution < -0.4 is 4.90 Å². The Kier molecular flexibility index (Phi) is 5.37. The van der Waals surface area contributed by atoms with Crippen molar-refractivity contribution in [3.05, 3.63) is 118 Å². The van der Waals surface area contributed by atoms with E-state index >= 15 is 0 Å². The monoisotopic (exact) mass is 465 g/mol. The number of Topliss-reactive ketones (excluding diaryl/α,β-unsaturated/α-hetero) is 3. The Morgan fingerprint density at radius 1 is 0.743 bits per heavy atom. The maximum absolute atomic E-state index is 13.4. The lowest BCUT2D eigenvalue weighted by Crippen LogP contribution is -2.28. The van der Waals surface area contributed by atoms with Crippen molar-refractivity contribution in [2.75, 3.05) is 11.4 Å². The first kappa shape index (κ1) is 22.0. The van der Waals surface area contributed by atoms with Crippen LogP contribution in [-0.2, 0) is 9.53 Å². The van der Waals surface area contributed by atoms with Crippen LogP contribution in [0, 0.1) is 0 Å². The Labute approximate surface area is 200 Å². The lowest BCUT2D eigenvalue weighted by atomic mass is 9.92. The second-order valence-electron chi connectivity index (χ2n) is 7.95. The lowest BCUT2D eigenvalue weighted by Gasteiger charge is -2.26. The van der Waals surface area contributed by atoms with Gasteiger partial charge in [-0.1, -0.05) is 66.7 Å². The van der Waals surface area contributed by atoms with Gasteiger partial charge in [-0.15, -0.1) is 0 Å². The van der Waals surface area contributed by atoms with E-state index in [1.54, 1.807) is 41.3 Å². The molecular weight excluding hydrogens is 446 g/mol. The number of esters is 1. The van der Waals surface area contributed by atoms with Gasteiger partial charge in [0.05, 0.1) is 5.70 Å². The van der Waals surface area contributed by atoms with Crippen LogP contribution in [0.1, 0.15) is 43.6 Å². The van der Waals surface area contributed by atoms with Gasteiger partial charge in [0, 0.05) is 34.5 Å². The molecule has 0 unspecified atom stereocenters. The fourth-order valence-electron chi connectivity index (χ4n) is 4.39. The largest absolute Gasteiger partial charge is 0.501 e. The Hall–Kier alpha value is -4.78. The zero-order valence-corrected chi connectivity index (χ0v) is 18.6. The van der Waals surface area contributed by atoms with E-state index in [2.05, 4.69) is 0 Å². The summed E-state index contributed by atoms with van der Waals surface area (Å²) in [5.41, 5.74) is 1.69. The number of fused-ring (bicyclic) bond motifs is 2. The summed E-state index contributed by atoms with van der Waals surface area (Å²) in [7, 11) is 0. The third-order valence-corrected chi connectivity index (χ3v) is 6.00. The van der Waals surface area contributed by atoms with Gasteiger partial charge in [-0.3, -0.25) is 14.4 Å². The summed E-state index contributed by atoms with van der Waals surface area (Å²) in [6.45, 7) is 2.31. The third kappa shape index (κ3) is 3.45. The summed E-state index contributed by atoms with van der Waals surface area (Å²) >= 11 is 0. The van der Waals surface area contributed by atoms with E-state index in [0.29, 0.717) is 23.4 Å². The van der Waals surface area contributed by atoms with Crippen molar-refractivity contribution >= 4 is 34.7 Å². The minimum absolute atomic E-state index is 0.00723.